The monoisotopic (exact) mass is 210 g/mol. The van der Waals surface area contributed by atoms with E-state index in [0.29, 0.717) is 0 Å². The molecule has 1 unspecified atom stereocenters. The van der Waals surface area contributed by atoms with E-state index in [9.17, 15) is 0 Å². The second kappa shape index (κ2) is 5.31. The lowest BCUT2D eigenvalue weighted by atomic mass is 9.68. The Balaban J connectivity index is 1.90. The quantitative estimate of drug-likeness (QED) is 0.763. The Bertz CT molecular complexity index is 181. The molecule has 88 valence electrons. The lowest BCUT2D eigenvalue weighted by molar-refractivity contribution is 0.0942. The third kappa shape index (κ3) is 2.94. The van der Waals surface area contributed by atoms with Crippen LogP contribution in [0, 0.1) is 17.8 Å². The maximum absolute atomic E-state index is 3.48. The van der Waals surface area contributed by atoms with Crippen molar-refractivity contribution in [3.8, 4) is 0 Å². The van der Waals surface area contributed by atoms with Crippen LogP contribution in [-0.4, -0.2) is 38.6 Å². The molecule has 1 aliphatic heterocycles. The van der Waals surface area contributed by atoms with Crippen molar-refractivity contribution in [3.63, 3.8) is 0 Å². The molecule has 2 aliphatic rings. The van der Waals surface area contributed by atoms with Crippen LogP contribution < -0.4 is 5.32 Å². The zero-order valence-corrected chi connectivity index (χ0v) is 10.3. The molecular formula is C13H26N2. The Kier molecular flexibility index (Phi) is 4.04. The zero-order valence-electron chi connectivity index (χ0n) is 10.3. The van der Waals surface area contributed by atoms with Crippen LogP contribution in [0.4, 0.5) is 0 Å². The average Bonchev–Trinajstić information content (AvgIpc) is 2.15. The Morgan fingerprint density at radius 2 is 1.67 bits per heavy atom. The van der Waals surface area contributed by atoms with Crippen LogP contribution in [0.15, 0.2) is 0 Å². The minimum Gasteiger partial charge on any atom is -0.317 e. The predicted molar refractivity (Wildman–Crippen MR) is 65.0 cm³/mol. The first-order chi connectivity index (χ1) is 7.27. The summed E-state index contributed by atoms with van der Waals surface area (Å²) in [6.45, 7) is 3.82. The molecular weight excluding hydrogens is 184 g/mol. The van der Waals surface area contributed by atoms with Gasteiger partial charge in [0.15, 0.2) is 0 Å². The van der Waals surface area contributed by atoms with E-state index in [0.717, 1.165) is 17.8 Å². The van der Waals surface area contributed by atoms with Crippen molar-refractivity contribution in [1.29, 1.82) is 0 Å². The molecule has 1 aliphatic carbocycles. The summed E-state index contributed by atoms with van der Waals surface area (Å²) in [7, 11) is 4.46. The topological polar surface area (TPSA) is 15.3 Å². The maximum atomic E-state index is 3.48. The molecule has 1 saturated carbocycles. The van der Waals surface area contributed by atoms with Crippen molar-refractivity contribution in [1.82, 2.24) is 10.2 Å². The SMILES string of the molecule is CN(C)CC(C1CCC1)C1CCNCC1. The summed E-state index contributed by atoms with van der Waals surface area (Å²) in [5.41, 5.74) is 0. The number of nitrogens with one attached hydrogen (secondary N) is 1. The van der Waals surface area contributed by atoms with Crippen LogP contribution >= 0.6 is 0 Å². The summed E-state index contributed by atoms with van der Waals surface area (Å²) in [5, 5.41) is 3.48. The Hall–Kier alpha value is -0.0800. The predicted octanol–water partition coefficient (Wildman–Crippen LogP) is 1.96. The fourth-order valence-corrected chi connectivity index (χ4v) is 3.25. The van der Waals surface area contributed by atoms with E-state index in [2.05, 4.69) is 24.3 Å². The summed E-state index contributed by atoms with van der Waals surface area (Å²) in [4.78, 5) is 2.39. The van der Waals surface area contributed by atoms with E-state index in [4.69, 9.17) is 0 Å². The molecule has 0 aromatic heterocycles. The largest absolute Gasteiger partial charge is 0.317 e. The van der Waals surface area contributed by atoms with Gasteiger partial charge >= 0.3 is 0 Å². The van der Waals surface area contributed by atoms with Gasteiger partial charge in [-0.3, -0.25) is 0 Å². The number of rotatable bonds is 4. The Morgan fingerprint density at radius 1 is 1.07 bits per heavy atom. The van der Waals surface area contributed by atoms with Crippen LogP contribution in [-0.2, 0) is 0 Å². The van der Waals surface area contributed by atoms with Gasteiger partial charge in [0.1, 0.15) is 0 Å². The Morgan fingerprint density at radius 3 is 2.13 bits per heavy atom. The van der Waals surface area contributed by atoms with Gasteiger partial charge in [-0.1, -0.05) is 19.3 Å². The highest BCUT2D eigenvalue weighted by Crippen LogP contribution is 2.40. The van der Waals surface area contributed by atoms with Crippen molar-refractivity contribution in [3.05, 3.63) is 0 Å². The van der Waals surface area contributed by atoms with Crippen LogP contribution in [0.25, 0.3) is 0 Å². The second-order valence-corrected chi connectivity index (χ2v) is 5.70. The van der Waals surface area contributed by atoms with Gasteiger partial charge in [-0.25, -0.2) is 0 Å². The van der Waals surface area contributed by atoms with Crippen molar-refractivity contribution >= 4 is 0 Å². The fourth-order valence-electron chi connectivity index (χ4n) is 3.25. The molecule has 2 nitrogen and oxygen atoms in total. The highest BCUT2D eigenvalue weighted by molar-refractivity contribution is 4.86. The summed E-state index contributed by atoms with van der Waals surface area (Å²) in [5.74, 6) is 3.03. The number of hydrogen-bond donors (Lipinski definition) is 1. The van der Waals surface area contributed by atoms with Gasteiger partial charge in [0, 0.05) is 6.54 Å². The molecule has 0 aromatic rings. The molecule has 0 amide bonds. The summed E-state index contributed by atoms with van der Waals surface area (Å²) in [6.07, 6.45) is 7.31. The van der Waals surface area contributed by atoms with Crippen molar-refractivity contribution in [2.75, 3.05) is 33.7 Å². The first-order valence-corrected chi connectivity index (χ1v) is 6.63. The summed E-state index contributed by atoms with van der Waals surface area (Å²) >= 11 is 0. The van der Waals surface area contributed by atoms with Gasteiger partial charge in [0.2, 0.25) is 0 Å². The molecule has 2 rings (SSSR count). The lowest BCUT2D eigenvalue weighted by Gasteiger charge is -2.41. The third-order valence-corrected chi connectivity index (χ3v) is 4.32. The smallest absolute Gasteiger partial charge is 0.000887 e. The second-order valence-electron chi connectivity index (χ2n) is 5.70. The molecule has 1 atom stereocenters. The normalized spacial score (nSPS) is 26.6. The van der Waals surface area contributed by atoms with Crippen LogP contribution in [0.2, 0.25) is 0 Å². The molecule has 0 bridgehead atoms. The van der Waals surface area contributed by atoms with Crippen molar-refractivity contribution < 1.29 is 0 Å². The molecule has 0 aromatic carbocycles. The third-order valence-electron chi connectivity index (χ3n) is 4.32. The molecule has 1 saturated heterocycles. The average molecular weight is 210 g/mol. The van der Waals surface area contributed by atoms with E-state index in [-0.39, 0.29) is 0 Å². The van der Waals surface area contributed by atoms with E-state index in [1.807, 2.05) is 0 Å². The fraction of sp³-hybridized carbons (Fsp3) is 1.00. The maximum Gasteiger partial charge on any atom is 0.000887 e. The van der Waals surface area contributed by atoms with E-state index in [1.54, 1.807) is 0 Å². The van der Waals surface area contributed by atoms with Gasteiger partial charge in [0.25, 0.3) is 0 Å². The van der Waals surface area contributed by atoms with Crippen LogP contribution in [0.1, 0.15) is 32.1 Å². The summed E-state index contributed by atoms with van der Waals surface area (Å²) < 4.78 is 0. The van der Waals surface area contributed by atoms with Crippen molar-refractivity contribution in [2.45, 2.75) is 32.1 Å². The highest BCUT2D eigenvalue weighted by atomic mass is 15.1. The van der Waals surface area contributed by atoms with E-state index in [1.165, 1.54) is 51.7 Å². The molecule has 0 spiro atoms. The molecule has 2 fully saturated rings. The number of hydrogen-bond acceptors (Lipinski definition) is 2. The standard InChI is InChI=1S/C13H26N2/c1-15(2)10-13(11-4-3-5-11)12-6-8-14-9-7-12/h11-14H,3-10H2,1-2H3. The number of nitrogens with zero attached hydrogens (tertiary/aromatic N) is 1. The molecule has 1 heterocycles. The van der Waals surface area contributed by atoms with Gasteiger partial charge < -0.3 is 10.2 Å². The first kappa shape index (κ1) is 11.4. The van der Waals surface area contributed by atoms with Gasteiger partial charge in [-0.2, -0.15) is 0 Å². The molecule has 1 N–H and O–H groups in total. The lowest BCUT2D eigenvalue weighted by Crippen LogP contribution is -2.40. The number of piperidine rings is 1. The first-order valence-electron chi connectivity index (χ1n) is 6.63. The van der Waals surface area contributed by atoms with Gasteiger partial charge in [-0.05, 0) is 57.8 Å². The van der Waals surface area contributed by atoms with Crippen LogP contribution in [0.5, 0.6) is 0 Å². The zero-order chi connectivity index (χ0) is 10.7. The minimum atomic E-state index is 0.982. The van der Waals surface area contributed by atoms with Crippen LogP contribution in [0.3, 0.4) is 0 Å². The summed E-state index contributed by atoms with van der Waals surface area (Å²) in [6, 6.07) is 0. The van der Waals surface area contributed by atoms with Gasteiger partial charge in [-0.15, -0.1) is 0 Å². The molecule has 0 radical (unpaired) electrons. The molecule has 15 heavy (non-hydrogen) atoms. The van der Waals surface area contributed by atoms with Crippen molar-refractivity contribution in [2.24, 2.45) is 17.8 Å². The van der Waals surface area contributed by atoms with E-state index < -0.39 is 0 Å². The van der Waals surface area contributed by atoms with E-state index >= 15 is 0 Å². The van der Waals surface area contributed by atoms with Gasteiger partial charge in [0.05, 0.1) is 0 Å². The highest BCUT2D eigenvalue weighted by Gasteiger charge is 2.33. The minimum absolute atomic E-state index is 0.982. The Labute approximate surface area is 94.4 Å². The molecule has 2 heteroatoms.